The number of hydrogen-bond acceptors (Lipinski definition) is 2. The summed E-state index contributed by atoms with van der Waals surface area (Å²) in [5.74, 6) is 0.599. The van der Waals surface area contributed by atoms with E-state index in [0.717, 1.165) is 19.3 Å². The first kappa shape index (κ1) is 13.5. The van der Waals surface area contributed by atoms with Crippen molar-refractivity contribution in [2.75, 3.05) is 0 Å². The van der Waals surface area contributed by atoms with E-state index in [2.05, 4.69) is 19.2 Å². The van der Waals surface area contributed by atoms with Gasteiger partial charge in [-0.2, -0.15) is 0 Å². The molecule has 1 aliphatic carbocycles. The molecule has 0 aromatic carbocycles. The van der Waals surface area contributed by atoms with Gasteiger partial charge in [-0.15, -0.1) is 0 Å². The Bertz CT molecular complexity index is 230. The Balaban J connectivity index is 2.52. The highest BCUT2D eigenvalue weighted by molar-refractivity contribution is 5.73. The summed E-state index contributed by atoms with van der Waals surface area (Å²) >= 11 is 0. The molecule has 3 nitrogen and oxygen atoms in total. The molecule has 0 spiro atoms. The Morgan fingerprint density at radius 1 is 1.44 bits per heavy atom. The van der Waals surface area contributed by atoms with Crippen LogP contribution in [-0.2, 0) is 4.79 Å². The second-order valence-electron chi connectivity index (χ2n) is 5.22. The smallest absolute Gasteiger partial charge is 0.320 e. The molecule has 2 N–H and O–H groups in total. The molecule has 0 aromatic rings. The molecule has 3 heteroatoms. The van der Waals surface area contributed by atoms with Gasteiger partial charge in [0.1, 0.15) is 6.04 Å². The summed E-state index contributed by atoms with van der Waals surface area (Å²) < 4.78 is 0. The van der Waals surface area contributed by atoms with Crippen molar-refractivity contribution in [1.82, 2.24) is 5.32 Å². The lowest BCUT2D eigenvalue weighted by Gasteiger charge is -2.36. The Labute approximate surface area is 98.6 Å². The number of carboxylic acids is 1. The average Bonchev–Trinajstić information content (AvgIpc) is 2.23. The molecule has 4 unspecified atom stereocenters. The fraction of sp³-hybridized carbons (Fsp3) is 0.923. The monoisotopic (exact) mass is 227 g/mol. The zero-order chi connectivity index (χ0) is 12.1. The highest BCUT2D eigenvalue weighted by Crippen LogP contribution is 2.29. The molecule has 0 saturated heterocycles. The number of hydrogen-bond donors (Lipinski definition) is 2. The first-order chi connectivity index (χ1) is 7.56. The molecule has 0 amide bonds. The van der Waals surface area contributed by atoms with Crippen molar-refractivity contribution in [2.24, 2.45) is 11.8 Å². The number of nitrogens with one attached hydrogen (secondary N) is 1. The van der Waals surface area contributed by atoms with E-state index in [0.29, 0.717) is 17.9 Å². The minimum atomic E-state index is -0.702. The second-order valence-corrected chi connectivity index (χ2v) is 5.22. The Morgan fingerprint density at radius 3 is 2.69 bits per heavy atom. The maximum absolute atomic E-state index is 11.1. The molecule has 94 valence electrons. The van der Waals surface area contributed by atoms with Crippen molar-refractivity contribution in [3.05, 3.63) is 0 Å². The zero-order valence-corrected chi connectivity index (χ0v) is 10.7. The molecular weight excluding hydrogens is 202 g/mol. The predicted octanol–water partition coefficient (Wildman–Crippen LogP) is 2.65. The van der Waals surface area contributed by atoms with E-state index < -0.39 is 5.97 Å². The van der Waals surface area contributed by atoms with Crippen LogP contribution in [0.25, 0.3) is 0 Å². The van der Waals surface area contributed by atoms with Crippen molar-refractivity contribution in [3.8, 4) is 0 Å². The van der Waals surface area contributed by atoms with Crippen LogP contribution in [0.15, 0.2) is 0 Å². The lowest BCUT2D eigenvalue weighted by Crippen LogP contribution is -2.48. The van der Waals surface area contributed by atoms with Crippen LogP contribution in [0.3, 0.4) is 0 Å². The van der Waals surface area contributed by atoms with Crippen molar-refractivity contribution >= 4 is 5.97 Å². The Kier molecular flexibility index (Phi) is 5.26. The first-order valence-corrected chi connectivity index (χ1v) is 6.55. The molecule has 0 bridgehead atoms. The van der Waals surface area contributed by atoms with E-state index in [9.17, 15) is 4.79 Å². The second kappa shape index (κ2) is 6.24. The molecule has 0 radical (unpaired) electrons. The molecule has 0 aromatic heterocycles. The van der Waals surface area contributed by atoms with Gasteiger partial charge in [0.05, 0.1) is 0 Å². The minimum absolute atomic E-state index is 0.359. The van der Waals surface area contributed by atoms with Crippen LogP contribution >= 0.6 is 0 Å². The van der Waals surface area contributed by atoms with E-state index in [1.807, 2.05) is 6.92 Å². The Morgan fingerprint density at radius 2 is 2.12 bits per heavy atom. The maximum atomic E-state index is 11.1. The lowest BCUT2D eigenvalue weighted by molar-refractivity contribution is -0.140. The van der Waals surface area contributed by atoms with Crippen molar-refractivity contribution in [3.63, 3.8) is 0 Å². The number of carboxylic acid groups (broad SMARTS) is 1. The first-order valence-electron chi connectivity index (χ1n) is 6.55. The van der Waals surface area contributed by atoms with Crippen LogP contribution < -0.4 is 5.32 Å². The summed E-state index contributed by atoms with van der Waals surface area (Å²) in [6.07, 6.45) is 5.28. The van der Waals surface area contributed by atoms with E-state index in [1.165, 1.54) is 12.8 Å². The van der Waals surface area contributed by atoms with Crippen LogP contribution in [0.4, 0.5) is 0 Å². The summed E-state index contributed by atoms with van der Waals surface area (Å²) in [5, 5.41) is 12.5. The SMILES string of the molecule is CCCC(NC1CCCC(C)C1C)C(=O)O. The van der Waals surface area contributed by atoms with Gasteiger partial charge >= 0.3 is 5.97 Å². The minimum Gasteiger partial charge on any atom is -0.480 e. The van der Waals surface area contributed by atoms with Crippen molar-refractivity contribution in [1.29, 1.82) is 0 Å². The van der Waals surface area contributed by atoms with Gasteiger partial charge < -0.3 is 10.4 Å². The molecular formula is C13H25NO2. The van der Waals surface area contributed by atoms with Gasteiger partial charge in [-0.3, -0.25) is 4.79 Å². The number of rotatable bonds is 5. The average molecular weight is 227 g/mol. The molecule has 16 heavy (non-hydrogen) atoms. The summed E-state index contributed by atoms with van der Waals surface area (Å²) in [6.45, 7) is 6.55. The van der Waals surface area contributed by atoms with Gasteiger partial charge in [-0.05, 0) is 24.7 Å². The van der Waals surface area contributed by atoms with Crippen LogP contribution in [-0.4, -0.2) is 23.2 Å². The largest absolute Gasteiger partial charge is 0.480 e. The molecule has 1 fully saturated rings. The predicted molar refractivity (Wildman–Crippen MR) is 65.4 cm³/mol. The van der Waals surface area contributed by atoms with Gasteiger partial charge in [-0.1, -0.05) is 40.0 Å². The van der Waals surface area contributed by atoms with Crippen LogP contribution in [0.1, 0.15) is 52.9 Å². The van der Waals surface area contributed by atoms with Crippen molar-refractivity contribution in [2.45, 2.75) is 65.0 Å². The molecule has 4 atom stereocenters. The van der Waals surface area contributed by atoms with Crippen LogP contribution in [0.2, 0.25) is 0 Å². The van der Waals surface area contributed by atoms with E-state index in [1.54, 1.807) is 0 Å². The third-order valence-corrected chi connectivity index (χ3v) is 4.00. The highest BCUT2D eigenvalue weighted by Gasteiger charge is 2.30. The van der Waals surface area contributed by atoms with E-state index in [-0.39, 0.29) is 6.04 Å². The summed E-state index contributed by atoms with van der Waals surface area (Å²) in [7, 11) is 0. The third kappa shape index (κ3) is 3.48. The topological polar surface area (TPSA) is 49.3 Å². The quantitative estimate of drug-likeness (QED) is 0.759. The molecule has 0 heterocycles. The van der Waals surface area contributed by atoms with Crippen LogP contribution in [0.5, 0.6) is 0 Å². The fourth-order valence-electron chi connectivity index (χ4n) is 2.64. The summed E-state index contributed by atoms with van der Waals surface area (Å²) in [6, 6.07) is 0.0270. The fourth-order valence-corrected chi connectivity index (χ4v) is 2.64. The highest BCUT2D eigenvalue weighted by atomic mass is 16.4. The normalized spacial score (nSPS) is 32.3. The molecule has 1 saturated carbocycles. The molecule has 1 aliphatic rings. The Hall–Kier alpha value is -0.570. The lowest BCUT2D eigenvalue weighted by atomic mass is 9.77. The third-order valence-electron chi connectivity index (χ3n) is 4.00. The van der Waals surface area contributed by atoms with Crippen LogP contribution in [0, 0.1) is 11.8 Å². The van der Waals surface area contributed by atoms with Gasteiger partial charge in [0.25, 0.3) is 0 Å². The van der Waals surface area contributed by atoms with Gasteiger partial charge in [-0.25, -0.2) is 0 Å². The van der Waals surface area contributed by atoms with Crippen molar-refractivity contribution < 1.29 is 9.90 Å². The summed E-state index contributed by atoms with van der Waals surface area (Å²) in [4.78, 5) is 11.1. The number of carbonyl (C=O) groups is 1. The van der Waals surface area contributed by atoms with Gasteiger partial charge in [0, 0.05) is 6.04 Å². The van der Waals surface area contributed by atoms with Gasteiger partial charge in [0.2, 0.25) is 0 Å². The van der Waals surface area contributed by atoms with Gasteiger partial charge in [0.15, 0.2) is 0 Å². The van der Waals surface area contributed by atoms with E-state index >= 15 is 0 Å². The van der Waals surface area contributed by atoms with E-state index in [4.69, 9.17) is 5.11 Å². The molecule has 1 rings (SSSR count). The maximum Gasteiger partial charge on any atom is 0.320 e. The molecule has 0 aliphatic heterocycles. The standard InChI is InChI=1S/C13H25NO2/c1-4-6-12(13(15)16)14-11-8-5-7-9(2)10(11)3/h9-12,14H,4-8H2,1-3H3,(H,15,16). The summed E-state index contributed by atoms with van der Waals surface area (Å²) in [5.41, 5.74) is 0. The number of aliphatic carboxylic acids is 1. The zero-order valence-electron chi connectivity index (χ0n) is 10.7.